The first-order chi connectivity index (χ1) is 13.4. The van der Waals surface area contributed by atoms with E-state index in [4.69, 9.17) is 10.5 Å². The van der Waals surface area contributed by atoms with E-state index in [0.29, 0.717) is 24.9 Å². The number of nitrogen functional groups attached to an aromatic ring is 1. The zero-order valence-corrected chi connectivity index (χ0v) is 16.1. The summed E-state index contributed by atoms with van der Waals surface area (Å²) in [5, 5.41) is 6.14. The van der Waals surface area contributed by atoms with Crippen LogP contribution in [0.4, 0.5) is 14.6 Å². The second-order valence-corrected chi connectivity index (χ2v) is 7.34. The maximum Gasteiger partial charge on any atom is 0.285 e. The Kier molecular flexibility index (Phi) is 6.93. The number of hydrogen-bond donors (Lipinski definition) is 3. The number of pyridine rings is 1. The SMILES string of the molecule is Cc1cc(N)nc(C[C@@H]2CNC[C@@H]2OCCNCC(F)(F)c2ccccc2)c1. The molecule has 1 aromatic heterocycles. The zero-order valence-electron chi connectivity index (χ0n) is 16.1. The van der Waals surface area contributed by atoms with Crippen molar-refractivity contribution in [3.8, 4) is 0 Å². The average molecular weight is 390 g/mol. The number of hydrogen-bond acceptors (Lipinski definition) is 5. The second kappa shape index (κ2) is 9.41. The third kappa shape index (κ3) is 5.70. The number of nitrogens with one attached hydrogen (secondary N) is 2. The fraction of sp³-hybridized carbons (Fsp3) is 0.476. The van der Waals surface area contributed by atoms with E-state index < -0.39 is 12.5 Å². The molecule has 0 saturated carbocycles. The molecule has 28 heavy (non-hydrogen) atoms. The molecule has 0 spiro atoms. The molecule has 5 nitrogen and oxygen atoms in total. The minimum absolute atomic E-state index is 0.0217. The standard InChI is InChI=1S/C21H28F2N4O/c1-15-9-18(27-20(24)10-15)11-16-12-26-13-19(16)28-8-7-25-14-21(22,23)17-5-3-2-4-6-17/h2-6,9-10,16,19,25-26H,7-8,11-14H2,1H3,(H2,24,27)/t16-,19+/m1/s1. The highest BCUT2D eigenvalue weighted by Crippen LogP contribution is 2.26. The summed E-state index contributed by atoms with van der Waals surface area (Å²) in [6.45, 7) is 3.96. The highest BCUT2D eigenvalue weighted by atomic mass is 19.3. The lowest BCUT2D eigenvalue weighted by Gasteiger charge is -2.21. The molecule has 4 N–H and O–H groups in total. The molecular formula is C21H28F2N4O. The number of ether oxygens (including phenoxy) is 1. The lowest BCUT2D eigenvalue weighted by molar-refractivity contribution is -0.00799. The summed E-state index contributed by atoms with van der Waals surface area (Å²) in [6, 6.07) is 11.7. The number of rotatable bonds is 9. The fourth-order valence-corrected chi connectivity index (χ4v) is 3.56. The molecule has 0 amide bonds. The van der Waals surface area contributed by atoms with E-state index in [9.17, 15) is 8.78 Å². The summed E-state index contributed by atoms with van der Waals surface area (Å²) in [5.41, 5.74) is 7.90. The molecule has 152 valence electrons. The topological polar surface area (TPSA) is 72.2 Å². The van der Waals surface area contributed by atoms with E-state index >= 15 is 0 Å². The Balaban J connectivity index is 1.41. The number of halogens is 2. The molecule has 0 unspecified atom stereocenters. The summed E-state index contributed by atoms with van der Waals surface area (Å²) in [7, 11) is 0. The van der Waals surface area contributed by atoms with Crippen LogP contribution >= 0.6 is 0 Å². The minimum atomic E-state index is -2.89. The number of anilines is 1. The van der Waals surface area contributed by atoms with Crippen LogP contribution in [0, 0.1) is 12.8 Å². The van der Waals surface area contributed by atoms with Gasteiger partial charge in [-0.2, -0.15) is 8.78 Å². The van der Waals surface area contributed by atoms with E-state index in [1.807, 2.05) is 19.1 Å². The smallest absolute Gasteiger partial charge is 0.285 e. The lowest BCUT2D eigenvalue weighted by Crippen LogP contribution is -2.34. The van der Waals surface area contributed by atoms with Crippen LogP contribution in [-0.2, 0) is 17.1 Å². The monoisotopic (exact) mass is 390 g/mol. The van der Waals surface area contributed by atoms with Crippen molar-refractivity contribution in [2.45, 2.75) is 25.4 Å². The van der Waals surface area contributed by atoms with Gasteiger partial charge in [-0.05, 0) is 31.0 Å². The maximum absolute atomic E-state index is 14.1. The Bertz CT molecular complexity index is 737. The molecule has 0 aliphatic carbocycles. The third-order valence-corrected chi connectivity index (χ3v) is 4.95. The summed E-state index contributed by atoms with van der Waals surface area (Å²) >= 11 is 0. The molecule has 2 atom stereocenters. The summed E-state index contributed by atoms with van der Waals surface area (Å²) in [6.07, 6.45) is 0.822. The van der Waals surface area contributed by atoms with Crippen molar-refractivity contribution in [1.29, 1.82) is 0 Å². The van der Waals surface area contributed by atoms with Crippen molar-refractivity contribution in [1.82, 2.24) is 15.6 Å². The number of aryl methyl sites for hydroxylation is 1. The van der Waals surface area contributed by atoms with Gasteiger partial charge in [-0.15, -0.1) is 0 Å². The Labute approximate surface area is 164 Å². The van der Waals surface area contributed by atoms with Gasteiger partial charge in [0.05, 0.1) is 19.3 Å². The van der Waals surface area contributed by atoms with Crippen LogP contribution < -0.4 is 16.4 Å². The predicted octanol–water partition coefficient (Wildman–Crippen LogP) is 2.50. The van der Waals surface area contributed by atoms with E-state index in [-0.39, 0.29) is 11.7 Å². The summed E-state index contributed by atoms with van der Waals surface area (Å²) in [4.78, 5) is 4.40. The highest BCUT2D eigenvalue weighted by molar-refractivity contribution is 5.34. The van der Waals surface area contributed by atoms with Gasteiger partial charge in [0.2, 0.25) is 0 Å². The first-order valence-corrected chi connectivity index (χ1v) is 9.63. The van der Waals surface area contributed by atoms with Crippen LogP contribution in [0.15, 0.2) is 42.5 Å². The van der Waals surface area contributed by atoms with Crippen molar-refractivity contribution in [3.05, 3.63) is 59.3 Å². The molecular weight excluding hydrogens is 362 g/mol. The molecule has 1 fully saturated rings. The van der Waals surface area contributed by atoms with Gasteiger partial charge in [-0.25, -0.2) is 4.98 Å². The van der Waals surface area contributed by atoms with Crippen LogP contribution in [0.25, 0.3) is 0 Å². The van der Waals surface area contributed by atoms with Crippen molar-refractivity contribution in [2.75, 3.05) is 38.5 Å². The van der Waals surface area contributed by atoms with Gasteiger partial charge >= 0.3 is 0 Å². The largest absolute Gasteiger partial charge is 0.384 e. The number of nitrogens with zero attached hydrogens (tertiary/aromatic N) is 1. The third-order valence-electron chi connectivity index (χ3n) is 4.95. The second-order valence-electron chi connectivity index (χ2n) is 7.34. The first-order valence-electron chi connectivity index (χ1n) is 9.63. The number of benzene rings is 1. The molecule has 7 heteroatoms. The van der Waals surface area contributed by atoms with Crippen molar-refractivity contribution in [3.63, 3.8) is 0 Å². The van der Waals surface area contributed by atoms with Gasteiger partial charge in [0.15, 0.2) is 0 Å². The molecule has 2 aromatic rings. The van der Waals surface area contributed by atoms with E-state index in [2.05, 4.69) is 15.6 Å². The Morgan fingerprint density at radius 3 is 2.79 bits per heavy atom. The Morgan fingerprint density at radius 1 is 1.25 bits per heavy atom. The first kappa shape index (κ1) is 20.6. The van der Waals surface area contributed by atoms with Crippen LogP contribution in [-0.4, -0.2) is 43.9 Å². The number of aromatic nitrogens is 1. The van der Waals surface area contributed by atoms with Crippen molar-refractivity contribution >= 4 is 5.82 Å². The number of alkyl halides is 2. The molecule has 1 aliphatic heterocycles. The van der Waals surface area contributed by atoms with Gasteiger partial charge in [0, 0.05) is 36.8 Å². The fourth-order valence-electron chi connectivity index (χ4n) is 3.56. The van der Waals surface area contributed by atoms with Crippen molar-refractivity contribution < 1.29 is 13.5 Å². The molecule has 1 aromatic carbocycles. The molecule has 0 bridgehead atoms. The molecule has 0 radical (unpaired) electrons. The Morgan fingerprint density at radius 2 is 2.04 bits per heavy atom. The van der Waals surface area contributed by atoms with Gasteiger partial charge in [-0.1, -0.05) is 30.3 Å². The van der Waals surface area contributed by atoms with Gasteiger partial charge in [0.25, 0.3) is 5.92 Å². The lowest BCUT2D eigenvalue weighted by atomic mass is 9.99. The minimum Gasteiger partial charge on any atom is -0.384 e. The van der Waals surface area contributed by atoms with E-state index in [0.717, 1.165) is 30.8 Å². The van der Waals surface area contributed by atoms with Crippen LogP contribution in [0.1, 0.15) is 16.8 Å². The normalized spacial score (nSPS) is 19.8. The van der Waals surface area contributed by atoms with Gasteiger partial charge < -0.3 is 21.1 Å². The maximum atomic E-state index is 14.1. The van der Waals surface area contributed by atoms with Crippen LogP contribution in [0.5, 0.6) is 0 Å². The summed E-state index contributed by atoms with van der Waals surface area (Å²) in [5.74, 6) is -2.07. The molecule has 1 aliphatic rings. The highest BCUT2D eigenvalue weighted by Gasteiger charge is 2.31. The predicted molar refractivity (Wildman–Crippen MR) is 106 cm³/mol. The molecule has 1 saturated heterocycles. The van der Waals surface area contributed by atoms with Crippen molar-refractivity contribution in [2.24, 2.45) is 5.92 Å². The van der Waals surface area contributed by atoms with Crippen LogP contribution in [0.3, 0.4) is 0 Å². The Hall–Kier alpha value is -2.09. The van der Waals surface area contributed by atoms with Crippen LogP contribution in [0.2, 0.25) is 0 Å². The van der Waals surface area contributed by atoms with Gasteiger partial charge in [0.1, 0.15) is 5.82 Å². The zero-order chi connectivity index (χ0) is 20.0. The molecule has 3 rings (SSSR count). The number of nitrogens with two attached hydrogens (primary N) is 1. The summed E-state index contributed by atoms with van der Waals surface area (Å²) < 4.78 is 34.2. The quantitative estimate of drug-likeness (QED) is 0.574. The average Bonchev–Trinajstić information content (AvgIpc) is 3.08. The molecule has 2 heterocycles. The van der Waals surface area contributed by atoms with E-state index in [1.165, 1.54) is 12.1 Å². The van der Waals surface area contributed by atoms with E-state index in [1.54, 1.807) is 18.2 Å². The van der Waals surface area contributed by atoms with Gasteiger partial charge in [-0.3, -0.25) is 0 Å².